The second-order valence-corrected chi connectivity index (χ2v) is 1.04. The zero-order valence-corrected chi connectivity index (χ0v) is 4.28. The van der Waals surface area contributed by atoms with Crippen LogP contribution in [0.4, 0.5) is 0 Å². The molecular weight excluding hydrogens is 104 g/mol. The fourth-order valence-corrected chi connectivity index (χ4v) is 0.219. The van der Waals surface area contributed by atoms with E-state index in [0.717, 1.165) is 0 Å². The fraction of sp³-hybridized carbons (Fsp3) is 0. The van der Waals surface area contributed by atoms with Crippen molar-refractivity contribution in [3.63, 3.8) is 0 Å². The van der Waals surface area contributed by atoms with Crippen molar-refractivity contribution in [1.82, 2.24) is 0 Å². The maximum atomic E-state index is 9.56. The average Bonchev–Trinajstić information content (AvgIpc) is 1.81. The van der Waals surface area contributed by atoms with Gasteiger partial charge in [-0.1, -0.05) is 12.2 Å². The van der Waals surface area contributed by atoms with Crippen molar-refractivity contribution in [2.45, 2.75) is 0 Å². The van der Waals surface area contributed by atoms with Gasteiger partial charge >= 0.3 is 0 Å². The van der Waals surface area contributed by atoms with Crippen molar-refractivity contribution in [2.75, 3.05) is 0 Å². The molecule has 0 spiro atoms. The Hall–Kier alpha value is -1.18. The van der Waals surface area contributed by atoms with Crippen molar-refractivity contribution in [2.24, 2.45) is 0 Å². The quantitative estimate of drug-likeness (QED) is 0.301. The van der Waals surface area contributed by atoms with Gasteiger partial charge in [-0.3, -0.25) is 9.59 Å². The van der Waals surface area contributed by atoms with E-state index < -0.39 is 0 Å². The minimum absolute atomic E-state index is 0.648. The highest BCUT2D eigenvalue weighted by atomic mass is 16.1. The van der Waals surface area contributed by atoms with E-state index in [1.165, 1.54) is 24.3 Å². The first-order valence-corrected chi connectivity index (χ1v) is 2.14. The van der Waals surface area contributed by atoms with E-state index in [1.54, 1.807) is 0 Å². The molecular formula is C6H6O2. The summed E-state index contributed by atoms with van der Waals surface area (Å²) in [5.74, 6) is 0. The van der Waals surface area contributed by atoms with E-state index in [1.807, 2.05) is 0 Å². The Labute approximate surface area is 47.5 Å². The van der Waals surface area contributed by atoms with Crippen LogP contribution >= 0.6 is 0 Å². The van der Waals surface area contributed by atoms with Crippen LogP contribution in [0.3, 0.4) is 0 Å². The molecule has 0 radical (unpaired) electrons. The molecule has 0 fully saturated rings. The molecule has 0 saturated heterocycles. The monoisotopic (exact) mass is 110 g/mol. The van der Waals surface area contributed by atoms with Crippen LogP contribution in [-0.4, -0.2) is 12.6 Å². The molecule has 0 aliphatic rings. The SMILES string of the molecule is O=C/C=C/C=C/C=O. The smallest absolute Gasteiger partial charge is 0.142 e. The van der Waals surface area contributed by atoms with Crippen LogP contribution in [-0.2, 0) is 9.59 Å². The lowest BCUT2D eigenvalue weighted by molar-refractivity contribution is -0.104. The Morgan fingerprint density at radius 1 is 0.625 bits per heavy atom. The summed E-state index contributed by atoms with van der Waals surface area (Å²) in [5, 5.41) is 0. The molecule has 0 aromatic heterocycles. The van der Waals surface area contributed by atoms with Crippen molar-refractivity contribution in [1.29, 1.82) is 0 Å². The van der Waals surface area contributed by atoms with Gasteiger partial charge in [0.15, 0.2) is 0 Å². The van der Waals surface area contributed by atoms with Gasteiger partial charge in [-0.2, -0.15) is 0 Å². The summed E-state index contributed by atoms with van der Waals surface area (Å²) in [6, 6.07) is 0. The number of hydrogen-bond donors (Lipinski definition) is 0. The van der Waals surface area contributed by atoms with Crippen molar-refractivity contribution >= 4 is 12.6 Å². The van der Waals surface area contributed by atoms with Crippen LogP contribution < -0.4 is 0 Å². The van der Waals surface area contributed by atoms with Crippen LogP contribution in [0.5, 0.6) is 0 Å². The first-order chi connectivity index (χ1) is 3.91. The van der Waals surface area contributed by atoms with E-state index in [-0.39, 0.29) is 0 Å². The maximum Gasteiger partial charge on any atom is 0.142 e. The third-order valence-corrected chi connectivity index (χ3v) is 0.490. The van der Waals surface area contributed by atoms with Gasteiger partial charge in [-0.25, -0.2) is 0 Å². The van der Waals surface area contributed by atoms with Gasteiger partial charge < -0.3 is 0 Å². The van der Waals surface area contributed by atoms with Gasteiger partial charge in [0.2, 0.25) is 0 Å². The van der Waals surface area contributed by atoms with Gasteiger partial charge in [0, 0.05) is 0 Å². The van der Waals surface area contributed by atoms with Gasteiger partial charge in [0.05, 0.1) is 0 Å². The molecule has 8 heavy (non-hydrogen) atoms. The summed E-state index contributed by atoms with van der Waals surface area (Å²) in [6.45, 7) is 0. The molecule has 0 aliphatic carbocycles. The third kappa shape index (κ3) is 4.82. The summed E-state index contributed by atoms with van der Waals surface area (Å²) in [4.78, 5) is 19.1. The van der Waals surface area contributed by atoms with E-state index in [9.17, 15) is 9.59 Å². The van der Waals surface area contributed by atoms with E-state index in [2.05, 4.69) is 0 Å². The van der Waals surface area contributed by atoms with Gasteiger partial charge in [-0.05, 0) is 12.2 Å². The van der Waals surface area contributed by atoms with Crippen molar-refractivity contribution in [3.05, 3.63) is 24.3 Å². The van der Waals surface area contributed by atoms with Gasteiger partial charge in [0.1, 0.15) is 12.6 Å². The zero-order chi connectivity index (χ0) is 6.24. The number of rotatable bonds is 3. The molecule has 2 heteroatoms. The summed E-state index contributed by atoms with van der Waals surface area (Å²) in [7, 11) is 0. The Balaban J connectivity index is 3.41. The molecule has 0 N–H and O–H groups in total. The molecule has 0 unspecified atom stereocenters. The molecule has 0 amide bonds. The summed E-state index contributed by atoms with van der Waals surface area (Å²) in [6.07, 6.45) is 6.88. The molecule has 0 rings (SSSR count). The normalized spacial score (nSPS) is 10.5. The molecule has 0 bridgehead atoms. The number of carbonyl (C=O) groups is 2. The van der Waals surface area contributed by atoms with Crippen LogP contribution in [0.2, 0.25) is 0 Å². The molecule has 0 atom stereocenters. The van der Waals surface area contributed by atoms with Crippen molar-refractivity contribution < 1.29 is 9.59 Å². The lowest BCUT2D eigenvalue weighted by atomic mass is 10.4. The fourth-order valence-electron chi connectivity index (χ4n) is 0.219. The molecule has 0 aliphatic heterocycles. The molecule has 42 valence electrons. The first-order valence-electron chi connectivity index (χ1n) is 2.14. The topological polar surface area (TPSA) is 34.1 Å². The number of aldehydes is 2. The molecule has 0 aromatic rings. The molecule has 0 saturated carbocycles. The van der Waals surface area contributed by atoms with Gasteiger partial charge in [-0.15, -0.1) is 0 Å². The van der Waals surface area contributed by atoms with Crippen LogP contribution in [0, 0.1) is 0 Å². The van der Waals surface area contributed by atoms with E-state index in [0.29, 0.717) is 12.6 Å². The van der Waals surface area contributed by atoms with E-state index >= 15 is 0 Å². The largest absolute Gasteiger partial charge is 0.299 e. The van der Waals surface area contributed by atoms with Crippen LogP contribution in [0.25, 0.3) is 0 Å². The lowest BCUT2D eigenvalue weighted by Crippen LogP contribution is -1.58. The minimum atomic E-state index is 0.648. The Morgan fingerprint density at radius 3 is 1.25 bits per heavy atom. The second-order valence-electron chi connectivity index (χ2n) is 1.04. The van der Waals surface area contributed by atoms with E-state index in [4.69, 9.17) is 0 Å². The highest BCUT2D eigenvalue weighted by Crippen LogP contribution is 1.69. The predicted octanol–water partition coefficient (Wildman–Crippen LogP) is 0.497. The standard InChI is InChI=1S/C6H6O2/c7-5-3-1-2-4-6-8/h1-6H/b3-1+,4-2+. The third-order valence-electron chi connectivity index (χ3n) is 0.490. The highest BCUT2D eigenvalue weighted by molar-refractivity contribution is 5.68. The molecule has 2 nitrogen and oxygen atoms in total. The summed E-state index contributed by atoms with van der Waals surface area (Å²) in [5.41, 5.74) is 0. The highest BCUT2D eigenvalue weighted by Gasteiger charge is 1.60. The minimum Gasteiger partial charge on any atom is -0.299 e. The Kier molecular flexibility index (Phi) is 4.96. The number of allylic oxidation sites excluding steroid dienone is 4. The molecule has 0 aromatic carbocycles. The van der Waals surface area contributed by atoms with Crippen LogP contribution in [0.15, 0.2) is 24.3 Å². The lowest BCUT2D eigenvalue weighted by Gasteiger charge is -1.62. The zero-order valence-electron chi connectivity index (χ0n) is 4.28. The maximum absolute atomic E-state index is 9.56. The Morgan fingerprint density at radius 2 is 1.00 bits per heavy atom. The van der Waals surface area contributed by atoms with Gasteiger partial charge in [0.25, 0.3) is 0 Å². The summed E-state index contributed by atoms with van der Waals surface area (Å²) < 4.78 is 0. The van der Waals surface area contributed by atoms with Crippen LogP contribution in [0.1, 0.15) is 0 Å². The second kappa shape index (κ2) is 5.82. The number of carbonyl (C=O) groups excluding carboxylic acids is 2. The number of hydrogen-bond acceptors (Lipinski definition) is 2. The predicted molar refractivity (Wildman–Crippen MR) is 30.4 cm³/mol. The Bertz CT molecular complexity index is 106. The first kappa shape index (κ1) is 6.82. The molecule has 0 heterocycles. The average molecular weight is 110 g/mol. The summed E-state index contributed by atoms with van der Waals surface area (Å²) >= 11 is 0. The van der Waals surface area contributed by atoms with Crippen molar-refractivity contribution in [3.8, 4) is 0 Å².